The van der Waals surface area contributed by atoms with E-state index in [1.165, 1.54) is 11.8 Å². The summed E-state index contributed by atoms with van der Waals surface area (Å²) in [5.74, 6) is 0.696. The Kier molecular flexibility index (Phi) is 8.67. The number of aryl methyl sites for hydroxylation is 2. The molecule has 1 atom stereocenters. The van der Waals surface area contributed by atoms with Gasteiger partial charge in [0.05, 0.1) is 19.5 Å². The average molecular weight is 484 g/mol. The molecule has 1 heterocycles. The third-order valence-corrected chi connectivity index (χ3v) is 6.30. The number of hydrogen-bond donors (Lipinski definition) is 3. The zero-order chi connectivity index (χ0) is 24.7. The second kappa shape index (κ2) is 11.7. The Morgan fingerprint density at radius 3 is 2.47 bits per heavy atom. The van der Waals surface area contributed by atoms with Crippen LogP contribution in [0.5, 0.6) is 5.75 Å². The summed E-state index contributed by atoms with van der Waals surface area (Å²) in [5.41, 5.74) is 3.44. The van der Waals surface area contributed by atoms with Gasteiger partial charge < -0.3 is 25.0 Å². The van der Waals surface area contributed by atoms with Crippen molar-refractivity contribution in [2.75, 3.05) is 24.8 Å². The molecule has 0 spiro atoms. The molecule has 180 valence electrons. The standard InChI is InChI=1S/C24H29N5O4S/c1-5-29-22(20(13-30)26-23(32)17-7-10-19(33-4)11-8-17)27-28-24(29)34-14-21(31)25-18-9-6-15(2)16(3)12-18/h6-12,20,30H,5,13-14H2,1-4H3,(H,25,31)(H,26,32)/t20-/m0/s1. The molecule has 34 heavy (non-hydrogen) atoms. The van der Waals surface area contributed by atoms with E-state index in [1.54, 1.807) is 35.9 Å². The van der Waals surface area contributed by atoms with E-state index in [-0.39, 0.29) is 24.2 Å². The molecule has 2 amide bonds. The van der Waals surface area contributed by atoms with Gasteiger partial charge in [0.1, 0.15) is 11.8 Å². The number of hydrogen-bond acceptors (Lipinski definition) is 7. The molecule has 0 saturated carbocycles. The first-order valence-electron chi connectivity index (χ1n) is 10.8. The lowest BCUT2D eigenvalue weighted by Crippen LogP contribution is -2.32. The van der Waals surface area contributed by atoms with Gasteiger partial charge in [0, 0.05) is 17.8 Å². The third-order valence-electron chi connectivity index (χ3n) is 5.34. The van der Waals surface area contributed by atoms with Gasteiger partial charge in [0.25, 0.3) is 5.91 Å². The van der Waals surface area contributed by atoms with E-state index in [0.717, 1.165) is 16.8 Å². The first kappa shape index (κ1) is 25.3. The summed E-state index contributed by atoms with van der Waals surface area (Å²) in [6.45, 7) is 6.09. The van der Waals surface area contributed by atoms with E-state index in [2.05, 4.69) is 20.8 Å². The maximum atomic E-state index is 12.6. The number of ether oxygens (including phenoxy) is 1. The van der Waals surface area contributed by atoms with Gasteiger partial charge in [-0.05, 0) is 68.3 Å². The van der Waals surface area contributed by atoms with E-state index in [1.807, 2.05) is 39.0 Å². The summed E-state index contributed by atoms with van der Waals surface area (Å²) in [6, 6.07) is 11.7. The number of nitrogens with one attached hydrogen (secondary N) is 2. The number of aliphatic hydroxyl groups excluding tert-OH is 1. The van der Waals surface area contributed by atoms with E-state index in [9.17, 15) is 14.7 Å². The molecular weight excluding hydrogens is 454 g/mol. The van der Waals surface area contributed by atoms with Crippen molar-refractivity contribution in [1.29, 1.82) is 0 Å². The minimum atomic E-state index is -0.749. The topological polar surface area (TPSA) is 118 Å². The molecule has 0 unspecified atom stereocenters. The van der Waals surface area contributed by atoms with Crippen LogP contribution in [-0.2, 0) is 11.3 Å². The van der Waals surface area contributed by atoms with E-state index in [4.69, 9.17) is 4.74 Å². The highest BCUT2D eigenvalue weighted by Crippen LogP contribution is 2.22. The summed E-state index contributed by atoms with van der Waals surface area (Å²) in [5, 5.41) is 24.5. The molecular formula is C24H29N5O4S. The van der Waals surface area contributed by atoms with E-state index < -0.39 is 6.04 Å². The van der Waals surface area contributed by atoms with E-state index >= 15 is 0 Å². The molecule has 0 saturated heterocycles. The summed E-state index contributed by atoms with van der Waals surface area (Å²) in [4.78, 5) is 25.1. The number of carbonyl (C=O) groups excluding carboxylic acids is 2. The van der Waals surface area contributed by atoms with Crippen molar-refractivity contribution in [3.63, 3.8) is 0 Å². The van der Waals surface area contributed by atoms with Crippen LogP contribution >= 0.6 is 11.8 Å². The zero-order valence-electron chi connectivity index (χ0n) is 19.7. The summed E-state index contributed by atoms with van der Waals surface area (Å²) < 4.78 is 6.89. The monoisotopic (exact) mass is 483 g/mol. The summed E-state index contributed by atoms with van der Waals surface area (Å²) in [6.07, 6.45) is 0. The Hall–Kier alpha value is -3.37. The van der Waals surface area contributed by atoms with Gasteiger partial charge in [-0.3, -0.25) is 9.59 Å². The molecule has 0 aliphatic carbocycles. The van der Waals surface area contributed by atoms with Crippen molar-refractivity contribution in [2.24, 2.45) is 0 Å². The van der Waals surface area contributed by atoms with Crippen molar-refractivity contribution >= 4 is 29.3 Å². The number of aliphatic hydroxyl groups is 1. The number of thioether (sulfide) groups is 1. The Morgan fingerprint density at radius 1 is 1.12 bits per heavy atom. The molecule has 0 aliphatic heterocycles. The van der Waals surface area contributed by atoms with Crippen LogP contribution < -0.4 is 15.4 Å². The van der Waals surface area contributed by atoms with Gasteiger partial charge >= 0.3 is 0 Å². The van der Waals surface area contributed by atoms with Crippen LogP contribution in [0.1, 0.15) is 40.3 Å². The Balaban J connectivity index is 1.65. The predicted octanol–water partition coefficient (Wildman–Crippen LogP) is 3.12. The number of carbonyl (C=O) groups is 2. The highest BCUT2D eigenvalue weighted by atomic mass is 32.2. The van der Waals surface area contributed by atoms with Gasteiger partial charge in [-0.25, -0.2) is 0 Å². The first-order valence-corrected chi connectivity index (χ1v) is 11.8. The molecule has 0 aliphatic rings. The van der Waals surface area contributed by atoms with Gasteiger partial charge in [-0.15, -0.1) is 10.2 Å². The highest BCUT2D eigenvalue weighted by molar-refractivity contribution is 7.99. The van der Waals surface area contributed by atoms with Gasteiger partial charge in [-0.1, -0.05) is 17.8 Å². The maximum absolute atomic E-state index is 12.6. The zero-order valence-corrected chi connectivity index (χ0v) is 20.5. The average Bonchev–Trinajstić information content (AvgIpc) is 3.26. The van der Waals surface area contributed by atoms with Crippen LogP contribution in [0.15, 0.2) is 47.6 Å². The molecule has 9 nitrogen and oxygen atoms in total. The molecule has 3 aromatic rings. The summed E-state index contributed by atoms with van der Waals surface area (Å²) >= 11 is 1.24. The number of benzene rings is 2. The van der Waals surface area contributed by atoms with Crippen molar-refractivity contribution in [1.82, 2.24) is 20.1 Å². The normalized spacial score (nSPS) is 11.7. The van der Waals surface area contributed by atoms with Crippen LogP contribution in [-0.4, -0.2) is 51.2 Å². The van der Waals surface area contributed by atoms with Crippen LogP contribution in [0.4, 0.5) is 5.69 Å². The fourth-order valence-corrected chi connectivity index (χ4v) is 4.09. The number of rotatable bonds is 10. The lowest BCUT2D eigenvalue weighted by molar-refractivity contribution is -0.113. The second-order valence-corrected chi connectivity index (χ2v) is 8.60. The molecule has 3 N–H and O–H groups in total. The summed E-state index contributed by atoms with van der Waals surface area (Å²) in [7, 11) is 1.55. The molecule has 3 rings (SSSR count). The van der Waals surface area contributed by atoms with Crippen LogP contribution in [0.3, 0.4) is 0 Å². The smallest absolute Gasteiger partial charge is 0.251 e. The molecule has 0 radical (unpaired) electrons. The highest BCUT2D eigenvalue weighted by Gasteiger charge is 2.23. The lowest BCUT2D eigenvalue weighted by Gasteiger charge is -2.17. The number of anilines is 1. The fourth-order valence-electron chi connectivity index (χ4n) is 3.28. The van der Waals surface area contributed by atoms with E-state index in [0.29, 0.717) is 28.8 Å². The van der Waals surface area contributed by atoms with Crippen molar-refractivity contribution in [3.8, 4) is 5.75 Å². The van der Waals surface area contributed by atoms with Crippen molar-refractivity contribution < 1.29 is 19.4 Å². The van der Waals surface area contributed by atoms with Gasteiger partial charge in [-0.2, -0.15) is 0 Å². The first-order chi connectivity index (χ1) is 16.4. The SMILES string of the molecule is CCn1c(SCC(=O)Nc2ccc(C)c(C)c2)nnc1[C@H](CO)NC(=O)c1ccc(OC)cc1. The maximum Gasteiger partial charge on any atom is 0.251 e. The van der Waals surface area contributed by atoms with Gasteiger partial charge in [0.15, 0.2) is 11.0 Å². The molecule has 2 aromatic carbocycles. The molecule has 0 bridgehead atoms. The third kappa shape index (κ3) is 6.15. The lowest BCUT2D eigenvalue weighted by atomic mass is 10.1. The largest absolute Gasteiger partial charge is 0.497 e. The molecule has 0 fully saturated rings. The van der Waals surface area contributed by atoms with Crippen LogP contribution in [0.2, 0.25) is 0 Å². The Bertz CT molecular complexity index is 1150. The quantitative estimate of drug-likeness (QED) is 0.379. The van der Waals surface area contributed by atoms with Crippen LogP contribution in [0.25, 0.3) is 0 Å². The minimum absolute atomic E-state index is 0.146. The number of amides is 2. The molecule has 10 heteroatoms. The van der Waals surface area contributed by atoms with Crippen molar-refractivity contribution in [3.05, 3.63) is 65.0 Å². The molecule has 1 aromatic heterocycles. The Morgan fingerprint density at radius 2 is 1.85 bits per heavy atom. The van der Waals surface area contributed by atoms with Crippen LogP contribution in [0, 0.1) is 13.8 Å². The minimum Gasteiger partial charge on any atom is -0.497 e. The number of nitrogens with zero attached hydrogens (tertiary/aromatic N) is 3. The van der Waals surface area contributed by atoms with Gasteiger partial charge in [0.2, 0.25) is 5.91 Å². The number of aromatic nitrogens is 3. The fraction of sp³-hybridized carbons (Fsp3) is 0.333. The Labute approximate surface area is 202 Å². The predicted molar refractivity (Wildman–Crippen MR) is 131 cm³/mol. The van der Waals surface area contributed by atoms with Crippen molar-refractivity contribution in [2.45, 2.75) is 38.5 Å². The number of methoxy groups -OCH3 is 1. The second-order valence-electron chi connectivity index (χ2n) is 7.66.